The molecule has 0 aliphatic carbocycles. The molecule has 0 saturated heterocycles. The number of amides is 2. The number of aromatic nitrogens is 2. The van der Waals surface area contributed by atoms with Gasteiger partial charge >= 0.3 is 12.3 Å². The first kappa shape index (κ1) is 21.7. The Labute approximate surface area is 171 Å². The van der Waals surface area contributed by atoms with Crippen LogP contribution in [0, 0.1) is 18.6 Å². The fourth-order valence-corrected chi connectivity index (χ4v) is 2.68. The number of aryl methyl sites for hydroxylation is 1. The van der Waals surface area contributed by atoms with E-state index in [0.717, 1.165) is 18.2 Å². The molecule has 3 rings (SSSR count). The van der Waals surface area contributed by atoms with Gasteiger partial charge in [0.1, 0.15) is 11.5 Å². The standard InChI is InChI=1S/C19H13F5N4O3/c1-9-7-28(8-25-9)12-5-10(4-11(6-12)19(22,23)24)17(29)27-16-13(20)2-3-14(15(16)21)26-18(30)31/h2-8,26H,1H3,(H,27,29)(H,30,31). The van der Waals surface area contributed by atoms with Crippen LogP contribution < -0.4 is 10.6 Å². The first-order chi connectivity index (χ1) is 14.5. The van der Waals surface area contributed by atoms with Gasteiger partial charge in [-0.25, -0.2) is 18.6 Å². The third kappa shape index (κ3) is 4.79. The summed E-state index contributed by atoms with van der Waals surface area (Å²) in [6.45, 7) is 1.61. The molecule has 0 spiro atoms. The highest BCUT2D eigenvalue weighted by molar-refractivity contribution is 6.05. The van der Waals surface area contributed by atoms with Gasteiger partial charge in [-0.05, 0) is 37.3 Å². The number of halogens is 5. The summed E-state index contributed by atoms with van der Waals surface area (Å²) in [5.41, 5.74) is -2.91. The SMILES string of the molecule is Cc1cn(-c2cc(C(=O)Nc3c(F)ccc(NC(=O)O)c3F)cc(C(F)(F)F)c2)cn1. The Bertz CT molecular complexity index is 1170. The highest BCUT2D eigenvalue weighted by Gasteiger charge is 2.32. The molecule has 12 heteroatoms. The van der Waals surface area contributed by atoms with Gasteiger partial charge in [0.2, 0.25) is 0 Å². The van der Waals surface area contributed by atoms with Crippen LogP contribution in [-0.4, -0.2) is 26.7 Å². The van der Waals surface area contributed by atoms with Gasteiger partial charge in [-0.1, -0.05) is 0 Å². The number of hydrogen-bond donors (Lipinski definition) is 3. The van der Waals surface area contributed by atoms with Crippen molar-refractivity contribution in [2.45, 2.75) is 13.1 Å². The summed E-state index contributed by atoms with van der Waals surface area (Å²) >= 11 is 0. The third-order valence-corrected chi connectivity index (χ3v) is 4.09. The number of hydrogen-bond acceptors (Lipinski definition) is 3. The maximum atomic E-state index is 14.4. The molecule has 2 amide bonds. The summed E-state index contributed by atoms with van der Waals surface area (Å²) in [6.07, 6.45) is -3.77. The van der Waals surface area contributed by atoms with Crippen LogP contribution in [0.2, 0.25) is 0 Å². The summed E-state index contributed by atoms with van der Waals surface area (Å²) in [5, 5.41) is 12.2. The topological polar surface area (TPSA) is 96.2 Å². The van der Waals surface area contributed by atoms with Crippen LogP contribution in [0.5, 0.6) is 0 Å². The molecule has 2 aromatic carbocycles. The van der Waals surface area contributed by atoms with E-state index in [2.05, 4.69) is 4.98 Å². The van der Waals surface area contributed by atoms with Crippen LogP contribution in [0.25, 0.3) is 5.69 Å². The smallest absolute Gasteiger partial charge is 0.416 e. The number of anilines is 2. The Morgan fingerprint density at radius 1 is 1.10 bits per heavy atom. The Morgan fingerprint density at radius 3 is 2.39 bits per heavy atom. The summed E-state index contributed by atoms with van der Waals surface area (Å²) in [6, 6.07) is 3.88. The number of rotatable bonds is 4. The molecule has 1 heterocycles. The molecular formula is C19H13F5N4O3. The quantitative estimate of drug-likeness (QED) is 0.507. The van der Waals surface area contributed by atoms with E-state index in [0.29, 0.717) is 17.8 Å². The van der Waals surface area contributed by atoms with Gasteiger partial charge in [0.25, 0.3) is 5.91 Å². The number of carbonyl (C=O) groups excluding carboxylic acids is 1. The highest BCUT2D eigenvalue weighted by atomic mass is 19.4. The van der Waals surface area contributed by atoms with Crippen molar-refractivity contribution in [3.05, 3.63) is 71.3 Å². The van der Waals surface area contributed by atoms with E-state index in [1.807, 2.05) is 5.32 Å². The minimum absolute atomic E-state index is 0.0530. The van der Waals surface area contributed by atoms with Crippen LogP contribution >= 0.6 is 0 Å². The number of benzene rings is 2. The van der Waals surface area contributed by atoms with Crippen LogP contribution in [-0.2, 0) is 6.18 Å². The molecular weight excluding hydrogens is 427 g/mol. The maximum absolute atomic E-state index is 14.4. The van der Waals surface area contributed by atoms with E-state index in [4.69, 9.17) is 5.11 Å². The zero-order chi connectivity index (χ0) is 22.9. The molecule has 31 heavy (non-hydrogen) atoms. The first-order valence-corrected chi connectivity index (χ1v) is 8.48. The molecule has 0 aliphatic rings. The number of nitrogens with one attached hydrogen (secondary N) is 2. The molecule has 3 aromatic rings. The number of alkyl halides is 3. The fraction of sp³-hybridized carbons (Fsp3) is 0.105. The Hall–Kier alpha value is -3.96. The molecule has 162 valence electrons. The average Bonchev–Trinajstić information content (AvgIpc) is 3.12. The molecule has 0 unspecified atom stereocenters. The molecule has 0 fully saturated rings. The molecule has 0 aliphatic heterocycles. The predicted molar refractivity (Wildman–Crippen MR) is 99.3 cm³/mol. The molecule has 3 N–H and O–H groups in total. The Morgan fingerprint density at radius 2 is 1.81 bits per heavy atom. The predicted octanol–water partition coefficient (Wildman–Crippen LogP) is 4.82. The van der Waals surface area contributed by atoms with E-state index >= 15 is 0 Å². The molecule has 0 radical (unpaired) electrons. The van der Waals surface area contributed by atoms with Gasteiger partial charge in [0.15, 0.2) is 5.82 Å². The zero-order valence-corrected chi connectivity index (χ0v) is 15.6. The molecule has 7 nitrogen and oxygen atoms in total. The van der Waals surface area contributed by atoms with E-state index in [-0.39, 0.29) is 5.69 Å². The lowest BCUT2D eigenvalue weighted by Crippen LogP contribution is -2.18. The van der Waals surface area contributed by atoms with E-state index in [9.17, 15) is 31.5 Å². The van der Waals surface area contributed by atoms with Crippen LogP contribution in [0.15, 0.2) is 42.9 Å². The van der Waals surface area contributed by atoms with E-state index < -0.39 is 52.3 Å². The lowest BCUT2D eigenvalue weighted by molar-refractivity contribution is -0.137. The van der Waals surface area contributed by atoms with Gasteiger partial charge in [-0.3, -0.25) is 10.1 Å². The third-order valence-electron chi connectivity index (χ3n) is 4.09. The lowest BCUT2D eigenvalue weighted by Gasteiger charge is -2.14. The summed E-state index contributed by atoms with van der Waals surface area (Å²) in [4.78, 5) is 27.2. The fourth-order valence-electron chi connectivity index (χ4n) is 2.68. The van der Waals surface area contributed by atoms with Gasteiger partial charge in [0, 0.05) is 17.4 Å². The van der Waals surface area contributed by atoms with Crippen LogP contribution in [0.3, 0.4) is 0 Å². The normalized spacial score (nSPS) is 11.3. The van der Waals surface area contributed by atoms with Gasteiger partial charge in [-0.2, -0.15) is 13.2 Å². The average molecular weight is 440 g/mol. The first-order valence-electron chi connectivity index (χ1n) is 8.48. The van der Waals surface area contributed by atoms with Crippen molar-refractivity contribution in [3.8, 4) is 5.69 Å². The molecule has 1 aromatic heterocycles. The number of nitrogens with zero attached hydrogens (tertiary/aromatic N) is 2. The highest BCUT2D eigenvalue weighted by Crippen LogP contribution is 2.32. The number of carboxylic acid groups (broad SMARTS) is 1. The second-order valence-corrected chi connectivity index (χ2v) is 6.36. The van der Waals surface area contributed by atoms with Crippen LogP contribution in [0.1, 0.15) is 21.6 Å². The van der Waals surface area contributed by atoms with Gasteiger partial charge < -0.3 is 15.0 Å². The lowest BCUT2D eigenvalue weighted by atomic mass is 10.1. The van der Waals surface area contributed by atoms with Crippen molar-refractivity contribution in [1.82, 2.24) is 9.55 Å². The van der Waals surface area contributed by atoms with Gasteiger partial charge in [0.05, 0.1) is 23.3 Å². The second kappa shape index (κ2) is 8.05. The molecule has 0 bridgehead atoms. The van der Waals surface area contributed by atoms with Gasteiger partial charge in [-0.15, -0.1) is 0 Å². The van der Waals surface area contributed by atoms with Crippen molar-refractivity contribution < 1.29 is 36.6 Å². The van der Waals surface area contributed by atoms with Crippen LogP contribution in [0.4, 0.5) is 38.1 Å². The maximum Gasteiger partial charge on any atom is 0.416 e. The Kier molecular flexibility index (Phi) is 5.64. The molecule has 0 atom stereocenters. The summed E-state index contributed by atoms with van der Waals surface area (Å²) < 4.78 is 69.7. The minimum atomic E-state index is -4.80. The van der Waals surface area contributed by atoms with E-state index in [1.165, 1.54) is 17.1 Å². The number of carbonyl (C=O) groups is 2. The summed E-state index contributed by atoms with van der Waals surface area (Å²) in [7, 11) is 0. The Balaban J connectivity index is 2.03. The largest absolute Gasteiger partial charge is 0.465 e. The number of imidazole rings is 1. The molecule has 0 saturated carbocycles. The van der Waals surface area contributed by atoms with E-state index in [1.54, 1.807) is 12.2 Å². The van der Waals surface area contributed by atoms with Crippen molar-refractivity contribution in [1.29, 1.82) is 0 Å². The monoisotopic (exact) mass is 440 g/mol. The van der Waals surface area contributed by atoms with Crippen molar-refractivity contribution in [3.63, 3.8) is 0 Å². The van der Waals surface area contributed by atoms with Crippen molar-refractivity contribution in [2.75, 3.05) is 10.6 Å². The van der Waals surface area contributed by atoms with Crippen molar-refractivity contribution >= 4 is 23.4 Å². The van der Waals surface area contributed by atoms with Crippen molar-refractivity contribution in [2.24, 2.45) is 0 Å². The zero-order valence-electron chi connectivity index (χ0n) is 15.6. The second-order valence-electron chi connectivity index (χ2n) is 6.36. The summed E-state index contributed by atoms with van der Waals surface area (Å²) in [5.74, 6) is -3.93. The minimum Gasteiger partial charge on any atom is -0.465 e.